The summed E-state index contributed by atoms with van der Waals surface area (Å²) in [5, 5.41) is 3.12. The highest BCUT2D eigenvalue weighted by Gasteiger charge is 2.36. The molecule has 4 nitrogen and oxygen atoms in total. The molecule has 1 unspecified atom stereocenters. The predicted molar refractivity (Wildman–Crippen MR) is 74.5 cm³/mol. The lowest BCUT2D eigenvalue weighted by atomic mass is 9.80. The van der Waals surface area contributed by atoms with Gasteiger partial charge in [0.2, 0.25) is 5.91 Å². The van der Waals surface area contributed by atoms with Crippen molar-refractivity contribution >= 4 is 18.7 Å². The van der Waals surface area contributed by atoms with Gasteiger partial charge in [-0.1, -0.05) is 19.7 Å². The van der Waals surface area contributed by atoms with E-state index in [0.717, 1.165) is 52.1 Å². The minimum atomic E-state index is -0.214. The number of ether oxygens (including phenoxy) is 1. The van der Waals surface area contributed by atoms with Crippen molar-refractivity contribution in [3.8, 4) is 0 Å². The van der Waals surface area contributed by atoms with E-state index < -0.39 is 0 Å². The zero-order chi connectivity index (χ0) is 13.0. The van der Waals surface area contributed by atoms with Crippen molar-refractivity contribution in [3.63, 3.8) is 0 Å². The Morgan fingerprint density at radius 2 is 2.22 bits per heavy atom. The van der Waals surface area contributed by atoms with Gasteiger partial charge in [0.1, 0.15) is 0 Å². The molecule has 18 heavy (non-hydrogen) atoms. The smallest absolute Gasteiger partial charge is 0.226 e. The van der Waals surface area contributed by atoms with Gasteiger partial charge in [-0.25, -0.2) is 0 Å². The van der Waals surface area contributed by atoms with Crippen molar-refractivity contribution in [1.82, 2.24) is 9.62 Å². The summed E-state index contributed by atoms with van der Waals surface area (Å²) in [5.74, 6) is 0.700. The van der Waals surface area contributed by atoms with Crippen molar-refractivity contribution in [3.05, 3.63) is 0 Å². The summed E-state index contributed by atoms with van der Waals surface area (Å²) in [5.41, 5.74) is -0.214. The molecule has 2 aliphatic heterocycles. The number of hydrogen-bond donors (Lipinski definition) is 2. The summed E-state index contributed by atoms with van der Waals surface area (Å²) in [6.07, 6.45) is 4.07. The first-order chi connectivity index (χ1) is 8.60. The lowest BCUT2D eigenvalue weighted by Crippen LogP contribution is -2.46. The first kappa shape index (κ1) is 14.2. The van der Waals surface area contributed by atoms with Crippen LogP contribution >= 0.6 is 12.8 Å². The first-order valence-corrected chi connectivity index (χ1v) is 7.30. The largest absolute Gasteiger partial charge is 0.381 e. The Kier molecular flexibility index (Phi) is 4.92. The van der Waals surface area contributed by atoms with Gasteiger partial charge in [0.05, 0.1) is 6.61 Å². The van der Waals surface area contributed by atoms with Crippen molar-refractivity contribution in [2.75, 3.05) is 32.8 Å². The molecule has 0 bridgehead atoms. The summed E-state index contributed by atoms with van der Waals surface area (Å²) in [7, 11) is 0. The molecule has 0 saturated carbocycles. The van der Waals surface area contributed by atoms with Gasteiger partial charge in [0.15, 0.2) is 0 Å². The Morgan fingerprint density at radius 3 is 2.83 bits per heavy atom. The monoisotopic (exact) mass is 272 g/mol. The minimum Gasteiger partial charge on any atom is -0.381 e. The number of amides is 1. The van der Waals surface area contributed by atoms with Crippen LogP contribution < -0.4 is 5.32 Å². The van der Waals surface area contributed by atoms with E-state index in [9.17, 15) is 4.79 Å². The van der Waals surface area contributed by atoms with Crippen LogP contribution in [0.15, 0.2) is 0 Å². The molecule has 0 aromatic heterocycles. The molecule has 0 aromatic carbocycles. The van der Waals surface area contributed by atoms with Crippen LogP contribution in [0.1, 0.15) is 32.6 Å². The SMILES string of the molecule is CC1(C(=O)NCC2CCCOC2)CCN(S)CC1. The van der Waals surface area contributed by atoms with E-state index in [0.29, 0.717) is 5.92 Å². The van der Waals surface area contributed by atoms with E-state index in [4.69, 9.17) is 4.74 Å². The van der Waals surface area contributed by atoms with E-state index in [-0.39, 0.29) is 11.3 Å². The maximum Gasteiger partial charge on any atom is 0.226 e. The fraction of sp³-hybridized carbons (Fsp3) is 0.923. The highest BCUT2D eigenvalue weighted by atomic mass is 32.1. The third kappa shape index (κ3) is 3.62. The second-order valence-corrected chi connectivity index (χ2v) is 6.37. The second-order valence-electron chi connectivity index (χ2n) is 5.81. The molecule has 1 amide bonds. The van der Waals surface area contributed by atoms with Gasteiger partial charge in [-0.2, -0.15) is 0 Å². The van der Waals surface area contributed by atoms with Crippen molar-refractivity contribution in [2.45, 2.75) is 32.6 Å². The molecular formula is C13H24N2O2S. The molecule has 0 aliphatic carbocycles. The van der Waals surface area contributed by atoms with Crippen molar-refractivity contribution in [1.29, 1.82) is 0 Å². The van der Waals surface area contributed by atoms with Crippen LogP contribution in [0.3, 0.4) is 0 Å². The van der Waals surface area contributed by atoms with Gasteiger partial charge in [-0.15, -0.1) is 0 Å². The quantitative estimate of drug-likeness (QED) is 0.765. The zero-order valence-electron chi connectivity index (χ0n) is 11.2. The average molecular weight is 272 g/mol. The lowest BCUT2D eigenvalue weighted by Gasteiger charge is -2.36. The Balaban J connectivity index is 1.76. The van der Waals surface area contributed by atoms with Gasteiger partial charge in [0, 0.05) is 31.7 Å². The van der Waals surface area contributed by atoms with Crippen LogP contribution in [0.4, 0.5) is 0 Å². The Labute approximate surface area is 115 Å². The van der Waals surface area contributed by atoms with Crippen LogP contribution in [-0.4, -0.2) is 43.1 Å². The molecule has 2 aliphatic rings. The van der Waals surface area contributed by atoms with Gasteiger partial charge in [-0.05, 0) is 31.6 Å². The van der Waals surface area contributed by atoms with E-state index in [1.165, 1.54) is 6.42 Å². The van der Waals surface area contributed by atoms with Gasteiger partial charge in [-0.3, -0.25) is 9.10 Å². The number of nitrogens with zero attached hydrogens (tertiary/aromatic N) is 1. The number of thiol groups is 1. The highest BCUT2D eigenvalue weighted by Crippen LogP contribution is 2.31. The standard InChI is InChI=1S/C13H24N2O2S/c1-13(4-6-15(18)7-5-13)12(16)14-9-11-3-2-8-17-10-11/h11,18H,2-10H2,1H3,(H,14,16). The number of carbonyl (C=O) groups excluding carboxylic acids is 1. The third-order valence-electron chi connectivity index (χ3n) is 4.20. The summed E-state index contributed by atoms with van der Waals surface area (Å²) in [6, 6.07) is 0. The van der Waals surface area contributed by atoms with E-state index in [1.807, 2.05) is 4.31 Å². The second kappa shape index (κ2) is 6.26. The Hall–Kier alpha value is -0.260. The number of hydrogen-bond acceptors (Lipinski definition) is 4. The van der Waals surface area contributed by atoms with E-state index >= 15 is 0 Å². The topological polar surface area (TPSA) is 41.6 Å². The van der Waals surface area contributed by atoms with E-state index in [1.54, 1.807) is 0 Å². The molecule has 1 N–H and O–H groups in total. The third-order valence-corrected chi connectivity index (χ3v) is 4.60. The summed E-state index contributed by atoms with van der Waals surface area (Å²) in [6.45, 7) is 6.28. The van der Waals surface area contributed by atoms with Gasteiger partial charge < -0.3 is 10.1 Å². The molecule has 0 radical (unpaired) electrons. The fourth-order valence-corrected chi connectivity index (χ4v) is 2.83. The van der Waals surface area contributed by atoms with Crippen molar-refractivity contribution in [2.24, 2.45) is 11.3 Å². The minimum absolute atomic E-state index is 0.203. The fourth-order valence-electron chi connectivity index (χ4n) is 2.63. The zero-order valence-corrected chi connectivity index (χ0v) is 12.0. The molecule has 1 atom stereocenters. The van der Waals surface area contributed by atoms with Gasteiger partial charge in [0.25, 0.3) is 0 Å². The Morgan fingerprint density at radius 1 is 1.50 bits per heavy atom. The van der Waals surface area contributed by atoms with E-state index in [2.05, 4.69) is 25.1 Å². The number of rotatable bonds is 3. The van der Waals surface area contributed by atoms with Gasteiger partial charge >= 0.3 is 0 Å². The molecule has 0 aromatic rings. The number of nitrogens with one attached hydrogen (secondary N) is 1. The van der Waals surface area contributed by atoms with Crippen LogP contribution in [-0.2, 0) is 9.53 Å². The first-order valence-electron chi connectivity index (χ1n) is 6.90. The summed E-state index contributed by atoms with van der Waals surface area (Å²) < 4.78 is 7.42. The maximum absolute atomic E-state index is 12.3. The molecule has 2 saturated heterocycles. The molecule has 5 heteroatoms. The van der Waals surface area contributed by atoms with Crippen LogP contribution in [0.25, 0.3) is 0 Å². The van der Waals surface area contributed by atoms with Crippen LogP contribution in [0.5, 0.6) is 0 Å². The predicted octanol–water partition coefficient (Wildman–Crippen LogP) is 1.48. The Bertz CT molecular complexity index is 285. The lowest BCUT2D eigenvalue weighted by molar-refractivity contribution is -0.132. The molecule has 2 fully saturated rings. The molecule has 2 rings (SSSR count). The average Bonchev–Trinajstić information content (AvgIpc) is 2.41. The summed E-state index contributed by atoms with van der Waals surface area (Å²) >= 11 is 4.33. The van der Waals surface area contributed by atoms with Crippen LogP contribution in [0.2, 0.25) is 0 Å². The normalized spacial score (nSPS) is 28.9. The summed E-state index contributed by atoms with van der Waals surface area (Å²) in [4.78, 5) is 12.3. The number of carbonyl (C=O) groups is 1. The molecule has 2 heterocycles. The molecule has 0 spiro atoms. The van der Waals surface area contributed by atoms with Crippen LogP contribution in [0, 0.1) is 11.3 Å². The molecule has 104 valence electrons. The highest BCUT2D eigenvalue weighted by molar-refractivity contribution is 7.77. The maximum atomic E-state index is 12.3. The number of piperidine rings is 1. The van der Waals surface area contributed by atoms with Crippen molar-refractivity contribution < 1.29 is 9.53 Å². The molecular weight excluding hydrogens is 248 g/mol.